The summed E-state index contributed by atoms with van der Waals surface area (Å²) in [4.78, 5) is 11.9. The van der Waals surface area contributed by atoms with E-state index in [1.807, 2.05) is 31.2 Å². The van der Waals surface area contributed by atoms with Crippen molar-refractivity contribution in [2.45, 2.75) is 44.4 Å². The average molecular weight is 247 g/mol. The van der Waals surface area contributed by atoms with Crippen molar-refractivity contribution in [3.05, 3.63) is 29.8 Å². The van der Waals surface area contributed by atoms with Crippen LogP contribution in [0.15, 0.2) is 24.3 Å². The van der Waals surface area contributed by atoms with Crippen LogP contribution in [0, 0.1) is 0 Å². The van der Waals surface area contributed by atoms with Gasteiger partial charge >= 0.3 is 0 Å². The molecular formula is C15H21NO2. The van der Waals surface area contributed by atoms with E-state index in [0.29, 0.717) is 6.61 Å². The van der Waals surface area contributed by atoms with Gasteiger partial charge in [-0.2, -0.15) is 0 Å². The summed E-state index contributed by atoms with van der Waals surface area (Å²) in [6.45, 7) is 2.61. The number of benzene rings is 1. The average Bonchev–Trinajstić information content (AvgIpc) is 2.40. The number of carbonyl (C=O) groups excluding carboxylic acids is 1. The molecule has 0 aliphatic heterocycles. The Morgan fingerprint density at radius 1 is 1.22 bits per heavy atom. The summed E-state index contributed by atoms with van der Waals surface area (Å²) >= 11 is 0. The van der Waals surface area contributed by atoms with E-state index in [0.717, 1.165) is 37.0 Å². The third-order valence-electron chi connectivity index (χ3n) is 3.90. The molecule has 0 saturated heterocycles. The van der Waals surface area contributed by atoms with E-state index in [1.165, 1.54) is 6.42 Å². The molecule has 2 N–H and O–H groups in total. The summed E-state index contributed by atoms with van der Waals surface area (Å²) in [6.07, 6.45) is 5.10. The molecule has 0 unspecified atom stereocenters. The van der Waals surface area contributed by atoms with Gasteiger partial charge in [-0.25, -0.2) is 0 Å². The first-order chi connectivity index (χ1) is 8.69. The molecule has 0 heterocycles. The van der Waals surface area contributed by atoms with Gasteiger partial charge < -0.3 is 10.5 Å². The molecule has 98 valence electrons. The summed E-state index contributed by atoms with van der Waals surface area (Å²) in [5.74, 6) is 0.656. The van der Waals surface area contributed by atoms with Crippen molar-refractivity contribution in [3.63, 3.8) is 0 Å². The van der Waals surface area contributed by atoms with Gasteiger partial charge in [-0.3, -0.25) is 4.79 Å². The van der Waals surface area contributed by atoms with Crippen molar-refractivity contribution in [2.75, 3.05) is 6.61 Å². The van der Waals surface area contributed by atoms with E-state index in [9.17, 15) is 4.79 Å². The van der Waals surface area contributed by atoms with Crippen molar-refractivity contribution in [2.24, 2.45) is 5.73 Å². The van der Waals surface area contributed by atoms with Gasteiger partial charge in [0.25, 0.3) is 0 Å². The molecule has 0 aromatic heterocycles. The molecule has 0 spiro atoms. The van der Waals surface area contributed by atoms with Crippen LogP contribution in [0.5, 0.6) is 5.75 Å². The van der Waals surface area contributed by atoms with Crippen LogP contribution in [0.2, 0.25) is 0 Å². The second-order valence-electron chi connectivity index (χ2n) is 4.96. The molecule has 1 amide bonds. The van der Waals surface area contributed by atoms with Crippen molar-refractivity contribution in [1.82, 2.24) is 0 Å². The zero-order valence-corrected chi connectivity index (χ0v) is 10.9. The van der Waals surface area contributed by atoms with Gasteiger partial charge in [0, 0.05) is 0 Å². The lowest BCUT2D eigenvalue weighted by Gasteiger charge is -2.34. The first kappa shape index (κ1) is 12.9. The van der Waals surface area contributed by atoms with Crippen LogP contribution < -0.4 is 10.5 Å². The molecule has 0 radical (unpaired) electrons. The maximum absolute atomic E-state index is 11.9. The van der Waals surface area contributed by atoms with Crippen molar-refractivity contribution < 1.29 is 9.53 Å². The standard InChI is InChI=1S/C15H21NO2/c1-2-18-13-8-6-12(7-9-13)15(14(16)17)10-4-3-5-11-15/h6-9H,2-5,10-11H2,1H3,(H2,16,17). The quantitative estimate of drug-likeness (QED) is 0.889. The molecule has 1 aromatic carbocycles. The molecule has 18 heavy (non-hydrogen) atoms. The van der Waals surface area contributed by atoms with E-state index in [2.05, 4.69) is 0 Å². The molecule has 0 bridgehead atoms. The fourth-order valence-electron chi connectivity index (χ4n) is 2.87. The Bertz CT molecular complexity index is 405. The van der Waals surface area contributed by atoms with Gasteiger partial charge in [-0.15, -0.1) is 0 Å². The van der Waals surface area contributed by atoms with E-state index in [1.54, 1.807) is 0 Å². The van der Waals surface area contributed by atoms with Crippen molar-refractivity contribution in [1.29, 1.82) is 0 Å². The zero-order chi connectivity index (χ0) is 13.0. The third kappa shape index (κ3) is 2.35. The minimum absolute atomic E-state index is 0.189. The Labute approximate surface area is 108 Å². The second-order valence-corrected chi connectivity index (χ2v) is 4.96. The smallest absolute Gasteiger partial charge is 0.228 e. The minimum atomic E-state index is -0.455. The number of hydrogen-bond donors (Lipinski definition) is 1. The van der Waals surface area contributed by atoms with Gasteiger partial charge in [-0.1, -0.05) is 31.4 Å². The SMILES string of the molecule is CCOc1ccc(C2(C(N)=O)CCCCC2)cc1. The van der Waals surface area contributed by atoms with Gasteiger partial charge in [0.05, 0.1) is 12.0 Å². The number of carbonyl (C=O) groups is 1. The van der Waals surface area contributed by atoms with E-state index >= 15 is 0 Å². The molecule has 3 heteroatoms. The molecular weight excluding hydrogens is 226 g/mol. The summed E-state index contributed by atoms with van der Waals surface area (Å²) in [5, 5.41) is 0. The van der Waals surface area contributed by atoms with Crippen LogP contribution in [0.4, 0.5) is 0 Å². The normalized spacial score (nSPS) is 18.3. The lowest BCUT2D eigenvalue weighted by Crippen LogP contribution is -2.42. The monoisotopic (exact) mass is 247 g/mol. The fraction of sp³-hybridized carbons (Fsp3) is 0.533. The minimum Gasteiger partial charge on any atom is -0.494 e. The van der Waals surface area contributed by atoms with Crippen LogP contribution in [0.1, 0.15) is 44.6 Å². The van der Waals surface area contributed by atoms with Crippen LogP contribution in [-0.4, -0.2) is 12.5 Å². The summed E-state index contributed by atoms with van der Waals surface area (Å²) in [5.41, 5.74) is 6.25. The first-order valence-electron chi connectivity index (χ1n) is 6.72. The number of nitrogens with two attached hydrogens (primary N) is 1. The highest BCUT2D eigenvalue weighted by Crippen LogP contribution is 2.39. The summed E-state index contributed by atoms with van der Waals surface area (Å²) in [6, 6.07) is 7.83. The highest BCUT2D eigenvalue weighted by atomic mass is 16.5. The predicted octanol–water partition coefficient (Wildman–Crippen LogP) is 2.77. The molecule has 1 fully saturated rings. The molecule has 1 aromatic rings. The molecule has 0 atom stereocenters. The number of rotatable bonds is 4. The Kier molecular flexibility index (Phi) is 3.90. The van der Waals surface area contributed by atoms with Gasteiger partial charge in [0.1, 0.15) is 5.75 Å². The lowest BCUT2D eigenvalue weighted by atomic mass is 9.69. The van der Waals surface area contributed by atoms with Crippen molar-refractivity contribution >= 4 is 5.91 Å². The van der Waals surface area contributed by atoms with Crippen LogP contribution in [0.3, 0.4) is 0 Å². The number of amides is 1. The lowest BCUT2D eigenvalue weighted by molar-refractivity contribution is -0.124. The topological polar surface area (TPSA) is 52.3 Å². The third-order valence-corrected chi connectivity index (χ3v) is 3.90. The van der Waals surface area contributed by atoms with Crippen LogP contribution in [0.25, 0.3) is 0 Å². The Morgan fingerprint density at radius 2 is 1.83 bits per heavy atom. The molecule has 3 nitrogen and oxygen atoms in total. The Balaban J connectivity index is 2.28. The summed E-state index contributed by atoms with van der Waals surface area (Å²) < 4.78 is 5.43. The molecule has 2 rings (SSSR count). The van der Waals surface area contributed by atoms with Crippen LogP contribution in [-0.2, 0) is 10.2 Å². The zero-order valence-electron chi connectivity index (χ0n) is 10.9. The second kappa shape index (κ2) is 5.42. The maximum Gasteiger partial charge on any atom is 0.228 e. The number of hydrogen-bond acceptors (Lipinski definition) is 2. The Morgan fingerprint density at radius 3 is 2.33 bits per heavy atom. The maximum atomic E-state index is 11.9. The van der Waals surface area contributed by atoms with E-state index in [4.69, 9.17) is 10.5 Å². The van der Waals surface area contributed by atoms with E-state index in [-0.39, 0.29) is 5.91 Å². The fourth-order valence-corrected chi connectivity index (χ4v) is 2.87. The Hall–Kier alpha value is -1.51. The number of primary amides is 1. The first-order valence-corrected chi connectivity index (χ1v) is 6.72. The van der Waals surface area contributed by atoms with Gasteiger partial charge in [0.15, 0.2) is 0 Å². The van der Waals surface area contributed by atoms with Crippen molar-refractivity contribution in [3.8, 4) is 5.75 Å². The highest BCUT2D eigenvalue weighted by Gasteiger charge is 2.39. The molecule has 1 aliphatic rings. The predicted molar refractivity (Wildman–Crippen MR) is 71.6 cm³/mol. The van der Waals surface area contributed by atoms with Gasteiger partial charge in [0.2, 0.25) is 5.91 Å². The van der Waals surface area contributed by atoms with Crippen LogP contribution >= 0.6 is 0 Å². The highest BCUT2D eigenvalue weighted by molar-refractivity contribution is 5.86. The molecule has 1 aliphatic carbocycles. The van der Waals surface area contributed by atoms with Gasteiger partial charge in [-0.05, 0) is 37.5 Å². The molecule has 1 saturated carbocycles. The number of ether oxygens (including phenoxy) is 1. The summed E-state index contributed by atoms with van der Waals surface area (Å²) in [7, 11) is 0. The van der Waals surface area contributed by atoms with E-state index < -0.39 is 5.41 Å². The largest absolute Gasteiger partial charge is 0.494 e.